The van der Waals surface area contributed by atoms with Crippen LogP contribution in [0.1, 0.15) is 18.4 Å². The summed E-state index contributed by atoms with van der Waals surface area (Å²) in [5.74, 6) is -1.38. The number of aryl methyl sites for hydroxylation is 1. The van der Waals surface area contributed by atoms with Gasteiger partial charge in [0.05, 0.1) is 11.5 Å². The highest BCUT2D eigenvalue weighted by molar-refractivity contribution is 8.10. The molecule has 1 atom stereocenters. The quantitative estimate of drug-likeness (QED) is 0.429. The molecule has 0 aliphatic carbocycles. The van der Waals surface area contributed by atoms with E-state index in [9.17, 15) is 30.0 Å². The Morgan fingerprint density at radius 2 is 1.56 bits per heavy atom. The molecule has 0 radical (unpaired) electrons. The zero-order valence-corrected chi connectivity index (χ0v) is 17.4. The molecule has 1 fully saturated rings. The largest absolute Gasteiger partial charge is 0.460 e. The second kappa shape index (κ2) is 7.15. The smallest absolute Gasteiger partial charge is 0.343 e. The van der Waals surface area contributed by atoms with Crippen molar-refractivity contribution >= 4 is 35.8 Å². The summed E-state index contributed by atoms with van der Waals surface area (Å²) in [6, 6.07) is 5.94. The monoisotopic (exact) mass is 440 g/mol. The molecular formula is C15H20O9S3. The summed E-state index contributed by atoms with van der Waals surface area (Å²) in [7, 11) is -12.7. The van der Waals surface area contributed by atoms with E-state index in [2.05, 4.69) is 0 Å². The van der Waals surface area contributed by atoms with Gasteiger partial charge in [-0.1, -0.05) is 17.7 Å². The molecule has 0 bridgehead atoms. The van der Waals surface area contributed by atoms with Gasteiger partial charge in [0.2, 0.25) is 0 Å². The number of benzene rings is 1. The highest BCUT2D eigenvalue weighted by Crippen LogP contribution is 2.38. The summed E-state index contributed by atoms with van der Waals surface area (Å²) in [6.07, 6.45) is -0.595. The Balaban J connectivity index is 2.10. The first-order chi connectivity index (χ1) is 12.2. The lowest BCUT2D eigenvalue weighted by Gasteiger charge is -2.20. The molecule has 1 saturated heterocycles. The predicted molar refractivity (Wildman–Crippen MR) is 95.8 cm³/mol. The maximum Gasteiger partial charge on any atom is 0.343 e. The van der Waals surface area contributed by atoms with Gasteiger partial charge in [-0.25, -0.2) is 21.6 Å². The van der Waals surface area contributed by atoms with E-state index < -0.39 is 59.0 Å². The maximum absolute atomic E-state index is 12.1. The molecule has 1 aromatic rings. The predicted octanol–water partition coefficient (Wildman–Crippen LogP) is 0.191. The molecule has 1 heterocycles. The molecule has 0 spiro atoms. The number of hydrogen-bond donors (Lipinski definition) is 0. The van der Waals surface area contributed by atoms with Crippen LogP contribution in [0.25, 0.3) is 0 Å². The number of carbonyl (C=O) groups is 1. The number of ether oxygens (including phenoxy) is 1. The van der Waals surface area contributed by atoms with Gasteiger partial charge in [-0.3, -0.25) is 4.18 Å². The number of carbonyl (C=O) groups excluding carboxylic acids is 1. The molecule has 27 heavy (non-hydrogen) atoms. The molecule has 0 aromatic heterocycles. The second-order valence-corrected chi connectivity index (χ2v) is 12.8. The Hall–Kier alpha value is -1.50. The minimum Gasteiger partial charge on any atom is -0.460 e. The summed E-state index contributed by atoms with van der Waals surface area (Å²) in [6.45, 7) is 1.39. The lowest BCUT2D eigenvalue weighted by molar-refractivity contribution is -0.142. The summed E-state index contributed by atoms with van der Waals surface area (Å²) in [5, 5.41) is 0. The standard InChI is InChI=1S/C15H20O9S3/c1-11-4-6-13(7-5-11)27(21,22)23-9-8-12-10-15(14(16)24-12,25(2,17)18)26(3,19)20/h4-7,12H,8-10H2,1-3H3. The van der Waals surface area contributed by atoms with E-state index in [-0.39, 0.29) is 11.3 Å². The Labute approximate surface area is 158 Å². The van der Waals surface area contributed by atoms with E-state index in [0.29, 0.717) is 12.5 Å². The first-order valence-corrected chi connectivity index (χ1v) is 13.0. The number of sulfone groups is 2. The van der Waals surface area contributed by atoms with Crippen LogP contribution in [0.15, 0.2) is 29.2 Å². The van der Waals surface area contributed by atoms with Gasteiger partial charge >= 0.3 is 5.97 Å². The summed E-state index contributed by atoms with van der Waals surface area (Å²) in [5.41, 5.74) is 0.865. The third-order valence-corrected chi connectivity index (χ3v) is 10.5. The van der Waals surface area contributed by atoms with Crippen molar-refractivity contribution in [2.75, 3.05) is 19.1 Å². The molecular weight excluding hydrogens is 420 g/mol. The topological polar surface area (TPSA) is 138 Å². The normalized spacial score (nSPS) is 20.4. The Kier molecular flexibility index (Phi) is 5.77. The van der Waals surface area contributed by atoms with Crippen molar-refractivity contribution in [3.63, 3.8) is 0 Å². The van der Waals surface area contributed by atoms with E-state index in [0.717, 1.165) is 5.56 Å². The van der Waals surface area contributed by atoms with Crippen LogP contribution < -0.4 is 0 Å². The number of hydrogen-bond acceptors (Lipinski definition) is 9. The minimum absolute atomic E-state index is 0.0573. The third-order valence-electron chi connectivity index (χ3n) is 4.27. The van der Waals surface area contributed by atoms with E-state index in [1.165, 1.54) is 12.1 Å². The summed E-state index contributed by atoms with van der Waals surface area (Å²) < 4.78 is 79.3. The summed E-state index contributed by atoms with van der Waals surface area (Å²) >= 11 is 0. The van der Waals surface area contributed by atoms with Gasteiger partial charge in [0, 0.05) is 25.4 Å². The van der Waals surface area contributed by atoms with Crippen LogP contribution >= 0.6 is 0 Å². The van der Waals surface area contributed by atoms with Crippen LogP contribution in [0.5, 0.6) is 0 Å². The van der Waals surface area contributed by atoms with Gasteiger partial charge in [0.1, 0.15) is 6.10 Å². The van der Waals surface area contributed by atoms with Crippen LogP contribution in [0.2, 0.25) is 0 Å². The Bertz CT molecular complexity index is 1000. The Morgan fingerprint density at radius 1 is 1.04 bits per heavy atom. The van der Waals surface area contributed by atoms with Crippen molar-refractivity contribution in [1.29, 1.82) is 0 Å². The van der Waals surface area contributed by atoms with Crippen LogP contribution in [0, 0.1) is 6.92 Å². The van der Waals surface area contributed by atoms with Crippen LogP contribution in [0.4, 0.5) is 0 Å². The van der Waals surface area contributed by atoms with Crippen molar-refractivity contribution in [3.05, 3.63) is 29.8 Å². The lowest BCUT2D eigenvalue weighted by Crippen LogP contribution is -2.49. The van der Waals surface area contributed by atoms with Gasteiger partial charge in [0.25, 0.3) is 14.2 Å². The molecule has 1 aliphatic heterocycles. The molecule has 0 amide bonds. The molecule has 1 aromatic carbocycles. The Morgan fingerprint density at radius 3 is 2.00 bits per heavy atom. The van der Waals surface area contributed by atoms with Crippen molar-refractivity contribution in [3.8, 4) is 0 Å². The third kappa shape index (κ3) is 4.18. The zero-order valence-electron chi connectivity index (χ0n) is 14.9. The maximum atomic E-state index is 12.1. The molecule has 0 N–H and O–H groups in total. The van der Waals surface area contributed by atoms with Crippen molar-refractivity contribution in [2.45, 2.75) is 34.8 Å². The van der Waals surface area contributed by atoms with Gasteiger partial charge in [-0.2, -0.15) is 8.42 Å². The lowest BCUT2D eigenvalue weighted by atomic mass is 10.2. The molecule has 9 nitrogen and oxygen atoms in total. The van der Waals surface area contributed by atoms with Crippen LogP contribution in [0.3, 0.4) is 0 Å². The number of esters is 1. The van der Waals surface area contributed by atoms with E-state index >= 15 is 0 Å². The highest BCUT2D eigenvalue weighted by Gasteiger charge is 2.64. The van der Waals surface area contributed by atoms with Gasteiger partial charge in [-0.15, -0.1) is 0 Å². The van der Waals surface area contributed by atoms with Crippen molar-refractivity contribution < 1.29 is 39.0 Å². The highest BCUT2D eigenvalue weighted by atomic mass is 32.3. The van der Waals surface area contributed by atoms with Crippen molar-refractivity contribution in [2.24, 2.45) is 0 Å². The molecule has 12 heteroatoms. The fraction of sp³-hybridized carbons (Fsp3) is 0.533. The number of rotatable bonds is 7. The van der Waals surface area contributed by atoms with Crippen LogP contribution in [-0.2, 0) is 43.5 Å². The SMILES string of the molecule is Cc1ccc(S(=O)(=O)OCCC2CC(S(C)(=O)=O)(S(C)(=O)=O)C(=O)O2)cc1. The van der Waals surface area contributed by atoms with Gasteiger partial charge < -0.3 is 4.74 Å². The van der Waals surface area contributed by atoms with Crippen molar-refractivity contribution in [1.82, 2.24) is 0 Å². The van der Waals surface area contributed by atoms with Gasteiger partial charge in [-0.05, 0) is 19.1 Å². The fourth-order valence-corrected chi connectivity index (χ4v) is 7.57. The second-order valence-electron chi connectivity index (χ2n) is 6.41. The van der Waals surface area contributed by atoms with Gasteiger partial charge in [0.15, 0.2) is 19.7 Å². The van der Waals surface area contributed by atoms with E-state index in [1.54, 1.807) is 19.1 Å². The first kappa shape index (κ1) is 21.8. The van der Waals surface area contributed by atoms with E-state index in [1.807, 2.05) is 0 Å². The average molecular weight is 441 g/mol. The molecule has 1 aliphatic rings. The van der Waals surface area contributed by atoms with E-state index in [4.69, 9.17) is 8.92 Å². The molecule has 0 saturated carbocycles. The average Bonchev–Trinajstić information content (AvgIpc) is 2.84. The summed E-state index contributed by atoms with van der Waals surface area (Å²) in [4.78, 5) is 12.0. The molecule has 1 unspecified atom stereocenters. The minimum atomic E-state index is -4.33. The zero-order chi connectivity index (χ0) is 20.7. The molecule has 2 rings (SSSR count). The fourth-order valence-electron chi connectivity index (χ4n) is 2.77. The number of cyclic esters (lactones) is 1. The van der Waals surface area contributed by atoms with Crippen LogP contribution in [-0.4, -0.2) is 60.5 Å². The first-order valence-electron chi connectivity index (χ1n) is 7.77. The molecule has 152 valence electrons.